The Labute approximate surface area is 174 Å². The lowest BCUT2D eigenvalue weighted by Crippen LogP contribution is -2.24. The fraction of sp³-hybridized carbons (Fsp3) is 0.182. The summed E-state index contributed by atoms with van der Waals surface area (Å²) < 4.78 is 5.19. The molecule has 0 N–H and O–H groups in total. The van der Waals surface area contributed by atoms with E-state index in [1.54, 1.807) is 38.1 Å². The third-order valence-electron chi connectivity index (χ3n) is 4.43. The second-order valence-electron chi connectivity index (χ2n) is 6.38. The molecule has 28 heavy (non-hydrogen) atoms. The van der Waals surface area contributed by atoms with Crippen molar-refractivity contribution in [3.63, 3.8) is 0 Å². The lowest BCUT2D eigenvalue weighted by Gasteiger charge is -2.18. The first kappa shape index (κ1) is 20.2. The zero-order valence-electron chi connectivity index (χ0n) is 15.8. The summed E-state index contributed by atoms with van der Waals surface area (Å²) in [6, 6.07) is 12.5. The predicted octanol–water partition coefficient (Wildman–Crippen LogP) is 5.57. The fourth-order valence-electron chi connectivity index (χ4n) is 3.06. The number of amides is 1. The van der Waals surface area contributed by atoms with Crippen LogP contribution in [0, 0.1) is 6.92 Å². The van der Waals surface area contributed by atoms with E-state index in [2.05, 4.69) is 0 Å². The summed E-state index contributed by atoms with van der Waals surface area (Å²) >= 11 is 12.2. The number of ether oxygens (including phenoxy) is 1. The van der Waals surface area contributed by atoms with E-state index in [-0.39, 0.29) is 23.7 Å². The summed E-state index contributed by atoms with van der Waals surface area (Å²) in [7, 11) is 0. The van der Waals surface area contributed by atoms with Crippen molar-refractivity contribution in [2.45, 2.75) is 20.8 Å². The van der Waals surface area contributed by atoms with Crippen LogP contribution in [0.25, 0.3) is 6.08 Å². The van der Waals surface area contributed by atoms with Crippen molar-refractivity contribution >= 4 is 46.8 Å². The average Bonchev–Trinajstić information content (AvgIpc) is 2.89. The molecule has 0 radical (unpaired) electrons. The average molecular weight is 416 g/mol. The molecule has 0 aromatic heterocycles. The number of carbonyl (C=O) groups excluding carboxylic acids is 2. The molecule has 0 saturated carbocycles. The highest BCUT2D eigenvalue weighted by Gasteiger charge is 2.38. The molecule has 144 valence electrons. The number of halogens is 2. The molecule has 4 nitrogen and oxygen atoms in total. The van der Waals surface area contributed by atoms with Crippen LogP contribution < -0.4 is 4.90 Å². The second-order valence-corrected chi connectivity index (χ2v) is 7.22. The number of benzene rings is 2. The van der Waals surface area contributed by atoms with Crippen LogP contribution in [0.15, 0.2) is 59.3 Å². The Morgan fingerprint density at radius 1 is 1.11 bits per heavy atom. The molecule has 6 heteroatoms. The Bertz CT molecular complexity index is 1010. The molecule has 0 bridgehead atoms. The van der Waals surface area contributed by atoms with Crippen LogP contribution in [0.5, 0.6) is 0 Å². The van der Waals surface area contributed by atoms with Gasteiger partial charge in [0.25, 0.3) is 5.91 Å². The summed E-state index contributed by atoms with van der Waals surface area (Å²) in [6.07, 6.45) is 1.60. The molecule has 2 aromatic rings. The van der Waals surface area contributed by atoms with Crippen LogP contribution in [0.1, 0.15) is 25.0 Å². The minimum atomic E-state index is -0.542. The maximum Gasteiger partial charge on any atom is 0.340 e. The van der Waals surface area contributed by atoms with Gasteiger partial charge in [0, 0.05) is 21.4 Å². The molecule has 0 aliphatic carbocycles. The molecule has 0 fully saturated rings. The number of carbonyl (C=O) groups is 2. The highest BCUT2D eigenvalue weighted by Crippen LogP contribution is 2.36. The molecule has 2 aromatic carbocycles. The van der Waals surface area contributed by atoms with E-state index in [0.29, 0.717) is 27.0 Å². The van der Waals surface area contributed by atoms with Gasteiger partial charge in [-0.2, -0.15) is 0 Å². The number of nitrogens with zero attached hydrogens (tertiary/aromatic N) is 1. The molecule has 1 aliphatic heterocycles. The van der Waals surface area contributed by atoms with Crippen molar-refractivity contribution in [1.82, 2.24) is 0 Å². The highest BCUT2D eigenvalue weighted by molar-refractivity contribution is 6.36. The van der Waals surface area contributed by atoms with Gasteiger partial charge < -0.3 is 4.74 Å². The number of anilines is 1. The predicted molar refractivity (Wildman–Crippen MR) is 112 cm³/mol. The molecule has 0 atom stereocenters. The quantitative estimate of drug-likeness (QED) is 0.484. The summed E-state index contributed by atoms with van der Waals surface area (Å²) in [6.45, 7) is 5.63. The van der Waals surface area contributed by atoms with Gasteiger partial charge >= 0.3 is 5.97 Å². The Morgan fingerprint density at radius 2 is 1.79 bits per heavy atom. The molecule has 0 saturated heterocycles. The first-order chi connectivity index (χ1) is 13.3. The van der Waals surface area contributed by atoms with E-state index in [0.717, 1.165) is 5.56 Å². The van der Waals surface area contributed by atoms with Gasteiger partial charge in [-0.3, -0.25) is 9.69 Å². The number of aryl methyl sites for hydroxylation is 1. The highest BCUT2D eigenvalue weighted by atomic mass is 35.5. The van der Waals surface area contributed by atoms with Crippen molar-refractivity contribution < 1.29 is 14.3 Å². The van der Waals surface area contributed by atoms with Gasteiger partial charge in [0.15, 0.2) is 0 Å². The van der Waals surface area contributed by atoms with E-state index >= 15 is 0 Å². The van der Waals surface area contributed by atoms with Crippen LogP contribution in [0.4, 0.5) is 5.69 Å². The van der Waals surface area contributed by atoms with E-state index in [4.69, 9.17) is 27.9 Å². The molecule has 1 heterocycles. The van der Waals surface area contributed by atoms with Gasteiger partial charge in [0.1, 0.15) is 0 Å². The minimum absolute atomic E-state index is 0.212. The smallest absolute Gasteiger partial charge is 0.340 e. The topological polar surface area (TPSA) is 46.6 Å². The minimum Gasteiger partial charge on any atom is -0.462 e. The van der Waals surface area contributed by atoms with Crippen LogP contribution in [0.2, 0.25) is 10.0 Å². The van der Waals surface area contributed by atoms with Gasteiger partial charge in [-0.05, 0) is 56.7 Å². The lowest BCUT2D eigenvalue weighted by atomic mass is 10.0. The summed E-state index contributed by atoms with van der Waals surface area (Å²) in [5.41, 5.74) is 3.34. The zero-order chi connectivity index (χ0) is 20.4. The molecular formula is C22H19Cl2NO3. The normalized spacial score (nSPS) is 15.5. The van der Waals surface area contributed by atoms with Crippen LogP contribution >= 0.6 is 23.2 Å². The number of allylic oxidation sites excluding steroid dienone is 1. The van der Waals surface area contributed by atoms with Crippen LogP contribution in [-0.4, -0.2) is 18.5 Å². The summed E-state index contributed by atoms with van der Waals surface area (Å²) in [4.78, 5) is 27.4. The van der Waals surface area contributed by atoms with Gasteiger partial charge in [0.2, 0.25) is 0 Å². The summed E-state index contributed by atoms with van der Waals surface area (Å²) in [5.74, 6) is -0.852. The SMILES string of the molecule is CCOC(=O)C1=C(C)N(c2ccc(C)cc2)C(=O)/C1=C\c1ccc(Cl)cc1Cl. The van der Waals surface area contributed by atoms with Crippen molar-refractivity contribution in [3.8, 4) is 0 Å². The van der Waals surface area contributed by atoms with E-state index in [1.807, 2.05) is 31.2 Å². The summed E-state index contributed by atoms with van der Waals surface area (Å²) in [5, 5.41) is 0.881. The number of esters is 1. The van der Waals surface area contributed by atoms with E-state index in [1.165, 1.54) is 4.90 Å². The molecular weight excluding hydrogens is 397 g/mol. The van der Waals surface area contributed by atoms with Crippen molar-refractivity contribution in [1.29, 1.82) is 0 Å². The van der Waals surface area contributed by atoms with Gasteiger partial charge in [-0.25, -0.2) is 4.79 Å². The maximum atomic E-state index is 13.2. The number of hydrogen-bond donors (Lipinski definition) is 0. The molecule has 0 unspecified atom stereocenters. The lowest BCUT2D eigenvalue weighted by molar-refractivity contribution is -0.138. The van der Waals surface area contributed by atoms with E-state index < -0.39 is 5.97 Å². The Morgan fingerprint density at radius 3 is 2.39 bits per heavy atom. The van der Waals surface area contributed by atoms with Crippen LogP contribution in [-0.2, 0) is 14.3 Å². The molecule has 3 rings (SSSR count). The van der Waals surface area contributed by atoms with E-state index in [9.17, 15) is 9.59 Å². The first-order valence-corrected chi connectivity index (χ1v) is 9.55. The third kappa shape index (κ3) is 3.84. The van der Waals surface area contributed by atoms with Crippen molar-refractivity contribution in [2.24, 2.45) is 0 Å². The Balaban J connectivity index is 2.14. The second kappa shape index (κ2) is 8.21. The monoisotopic (exact) mass is 415 g/mol. The molecule has 1 aliphatic rings. The van der Waals surface area contributed by atoms with Crippen molar-refractivity contribution in [2.75, 3.05) is 11.5 Å². The van der Waals surface area contributed by atoms with Gasteiger partial charge in [0.05, 0.1) is 17.8 Å². The standard InChI is InChI=1S/C22H19Cl2NO3/c1-4-28-22(27)20-14(3)25(17-9-5-13(2)6-10-17)21(26)18(20)11-15-7-8-16(23)12-19(15)24/h5-12H,4H2,1-3H3/b18-11-. The van der Waals surface area contributed by atoms with Crippen molar-refractivity contribution in [3.05, 3.63) is 80.5 Å². The van der Waals surface area contributed by atoms with Crippen LogP contribution in [0.3, 0.4) is 0 Å². The maximum absolute atomic E-state index is 13.2. The number of hydrogen-bond acceptors (Lipinski definition) is 3. The van der Waals surface area contributed by atoms with Gasteiger partial charge in [-0.1, -0.05) is 47.0 Å². The third-order valence-corrected chi connectivity index (χ3v) is 5.00. The molecule has 0 spiro atoms. The Kier molecular flexibility index (Phi) is 5.92. The Hall–Kier alpha value is -2.56. The molecule has 1 amide bonds. The first-order valence-electron chi connectivity index (χ1n) is 8.79. The van der Waals surface area contributed by atoms with Gasteiger partial charge in [-0.15, -0.1) is 0 Å². The zero-order valence-corrected chi connectivity index (χ0v) is 17.3. The fourth-order valence-corrected chi connectivity index (χ4v) is 3.52. The number of rotatable bonds is 4. The largest absolute Gasteiger partial charge is 0.462 e.